The Morgan fingerprint density at radius 2 is 2.18 bits per heavy atom. The number of carbonyl (C=O) groups is 1. The van der Waals surface area contributed by atoms with E-state index in [1.165, 1.54) is 11.3 Å². The zero-order chi connectivity index (χ0) is 12.4. The lowest BCUT2D eigenvalue weighted by atomic mass is 10.2. The van der Waals surface area contributed by atoms with Gasteiger partial charge in [-0.3, -0.25) is 4.79 Å². The van der Waals surface area contributed by atoms with Crippen LogP contribution in [0.3, 0.4) is 0 Å². The predicted octanol–water partition coefficient (Wildman–Crippen LogP) is 3.40. The Morgan fingerprint density at radius 3 is 2.82 bits per heavy atom. The van der Waals surface area contributed by atoms with Crippen LogP contribution in [-0.2, 0) is 11.2 Å². The molecule has 0 spiro atoms. The predicted molar refractivity (Wildman–Crippen MR) is 68.6 cm³/mol. The number of benzene rings is 1. The summed E-state index contributed by atoms with van der Waals surface area (Å²) in [4.78, 5) is 15.8. The normalized spacial score (nSPS) is 10.5. The summed E-state index contributed by atoms with van der Waals surface area (Å²) in [6.07, 6.45) is 0.00789. The Bertz CT molecular complexity index is 565. The lowest BCUT2D eigenvalue weighted by Crippen LogP contribution is -1.99. The van der Waals surface area contributed by atoms with Gasteiger partial charge in [0.2, 0.25) is 0 Å². The van der Waals surface area contributed by atoms with E-state index < -0.39 is 5.97 Å². The van der Waals surface area contributed by atoms with Gasteiger partial charge in [-0.05, 0) is 13.0 Å². The highest BCUT2D eigenvalue weighted by Gasteiger charge is 2.13. The first-order chi connectivity index (χ1) is 8.08. The van der Waals surface area contributed by atoms with Gasteiger partial charge in [0.25, 0.3) is 0 Å². The zero-order valence-corrected chi connectivity index (χ0v) is 10.7. The van der Waals surface area contributed by atoms with E-state index in [4.69, 9.17) is 16.7 Å². The monoisotopic (exact) mass is 267 g/mol. The van der Waals surface area contributed by atoms with E-state index >= 15 is 0 Å². The molecule has 88 valence electrons. The number of carboxylic acids is 1. The smallest absolute Gasteiger partial charge is 0.308 e. The maximum Gasteiger partial charge on any atom is 0.308 e. The van der Waals surface area contributed by atoms with E-state index in [1.807, 2.05) is 25.1 Å². The Labute approximate surface area is 108 Å². The van der Waals surface area contributed by atoms with Crippen LogP contribution < -0.4 is 0 Å². The van der Waals surface area contributed by atoms with E-state index in [2.05, 4.69) is 4.98 Å². The summed E-state index contributed by atoms with van der Waals surface area (Å²) in [5.41, 5.74) is 1.60. The fourth-order valence-corrected chi connectivity index (χ4v) is 2.85. The number of aliphatic carboxylic acids is 1. The van der Waals surface area contributed by atoms with E-state index in [0.29, 0.717) is 5.02 Å². The maximum atomic E-state index is 10.7. The summed E-state index contributed by atoms with van der Waals surface area (Å²) in [5, 5.41) is 10.2. The third-order valence-electron chi connectivity index (χ3n) is 2.31. The topological polar surface area (TPSA) is 50.2 Å². The number of rotatable bonds is 3. The summed E-state index contributed by atoms with van der Waals surface area (Å²) in [5.74, 6) is -0.845. The molecule has 0 amide bonds. The van der Waals surface area contributed by atoms with Crippen LogP contribution in [0.2, 0.25) is 5.02 Å². The number of aryl methyl sites for hydroxylation is 1. The SMILES string of the molecule is Cc1nc(-c2ccccc2Cl)sc1CC(=O)O. The van der Waals surface area contributed by atoms with Crippen molar-refractivity contribution >= 4 is 28.9 Å². The Morgan fingerprint density at radius 1 is 1.47 bits per heavy atom. The second-order valence-electron chi connectivity index (χ2n) is 3.58. The van der Waals surface area contributed by atoms with Crippen LogP contribution in [0.15, 0.2) is 24.3 Å². The van der Waals surface area contributed by atoms with E-state index in [0.717, 1.165) is 21.1 Å². The molecule has 3 nitrogen and oxygen atoms in total. The van der Waals surface area contributed by atoms with Crippen LogP contribution in [-0.4, -0.2) is 16.1 Å². The minimum Gasteiger partial charge on any atom is -0.481 e. The molecule has 2 aromatic rings. The molecule has 1 N–H and O–H groups in total. The van der Waals surface area contributed by atoms with Crippen molar-refractivity contribution in [2.24, 2.45) is 0 Å². The number of hydrogen-bond donors (Lipinski definition) is 1. The van der Waals surface area contributed by atoms with Gasteiger partial charge < -0.3 is 5.11 Å². The third-order valence-corrected chi connectivity index (χ3v) is 3.83. The summed E-state index contributed by atoms with van der Waals surface area (Å²) in [6, 6.07) is 7.41. The molecule has 0 radical (unpaired) electrons. The molecule has 0 aliphatic heterocycles. The average Bonchev–Trinajstić information content (AvgIpc) is 2.60. The van der Waals surface area contributed by atoms with E-state index in [-0.39, 0.29) is 6.42 Å². The Kier molecular flexibility index (Phi) is 3.45. The molecule has 0 unspecified atom stereocenters. The molecule has 0 saturated heterocycles. The summed E-state index contributed by atoms with van der Waals surface area (Å²) < 4.78 is 0. The molecule has 0 saturated carbocycles. The van der Waals surface area contributed by atoms with E-state index in [9.17, 15) is 4.79 Å². The largest absolute Gasteiger partial charge is 0.481 e. The molecule has 1 aromatic heterocycles. The first-order valence-corrected chi connectivity index (χ1v) is 6.20. The number of hydrogen-bond acceptors (Lipinski definition) is 3. The van der Waals surface area contributed by atoms with Crippen molar-refractivity contribution in [2.45, 2.75) is 13.3 Å². The van der Waals surface area contributed by atoms with Gasteiger partial charge in [-0.15, -0.1) is 11.3 Å². The number of nitrogens with zero attached hydrogens (tertiary/aromatic N) is 1. The molecule has 0 fully saturated rings. The summed E-state index contributed by atoms with van der Waals surface area (Å²) >= 11 is 7.46. The van der Waals surface area contributed by atoms with Gasteiger partial charge in [-0.25, -0.2) is 4.98 Å². The first kappa shape index (κ1) is 12.1. The highest BCUT2D eigenvalue weighted by Crippen LogP contribution is 2.32. The van der Waals surface area contributed by atoms with E-state index in [1.54, 1.807) is 6.07 Å². The zero-order valence-electron chi connectivity index (χ0n) is 9.11. The van der Waals surface area contributed by atoms with Crippen LogP contribution in [0, 0.1) is 6.92 Å². The van der Waals surface area contributed by atoms with Gasteiger partial charge in [0.05, 0.1) is 17.1 Å². The van der Waals surface area contributed by atoms with Crippen molar-refractivity contribution in [3.8, 4) is 10.6 Å². The van der Waals surface area contributed by atoms with Gasteiger partial charge in [-0.2, -0.15) is 0 Å². The van der Waals surface area contributed by atoms with Gasteiger partial charge in [0, 0.05) is 10.4 Å². The van der Waals surface area contributed by atoms with Gasteiger partial charge in [0.15, 0.2) is 0 Å². The maximum absolute atomic E-state index is 10.7. The minimum atomic E-state index is -0.845. The highest BCUT2D eigenvalue weighted by atomic mass is 35.5. The molecular weight excluding hydrogens is 258 g/mol. The number of carboxylic acid groups (broad SMARTS) is 1. The van der Waals surface area contributed by atoms with Crippen molar-refractivity contribution in [2.75, 3.05) is 0 Å². The van der Waals surface area contributed by atoms with Crippen molar-refractivity contribution in [3.63, 3.8) is 0 Å². The molecule has 2 rings (SSSR count). The quantitative estimate of drug-likeness (QED) is 0.927. The lowest BCUT2D eigenvalue weighted by Gasteiger charge is -1.97. The van der Waals surface area contributed by atoms with Gasteiger partial charge in [-0.1, -0.05) is 29.8 Å². The van der Waals surface area contributed by atoms with Crippen LogP contribution in [0.4, 0.5) is 0 Å². The van der Waals surface area contributed by atoms with Crippen molar-refractivity contribution < 1.29 is 9.90 Å². The number of halogens is 1. The second-order valence-corrected chi connectivity index (χ2v) is 5.07. The summed E-state index contributed by atoms with van der Waals surface area (Å²) in [7, 11) is 0. The molecule has 0 atom stereocenters. The van der Waals surface area contributed by atoms with Crippen LogP contribution in [0.1, 0.15) is 10.6 Å². The lowest BCUT2D eigenvalue weighted by molar-refractivity contribution is -0.136. The van der Waals surface area contributed by atoms with Crippen LogP contribution in [0.25, 0.3) is 10.6 Å². The molecule has 1 heterocycles. The Hall–Kier alpha value is -1.39. The second kappa shape index (κ2) is 4.85. The molecule has 0 aliphatic rings. The molecule has 17 heavy (non-hydrogen) atoms. The summed E-state index contributed by atoms with van der Waals surface area (Å²) in [6.45, 7) is 1.81. The van der Waals surface area contributed by atoms with Crippen LogP contribution in [0.5, 0.6) is 0 Å². The van der Waals surface area contributed by atoms with Crippen LogP contribution >= 0.6 is 22.9 Å². The van der Waals surface area contributed by atoms with Crippen molar-refractivity contribution in [1.82, 2.24) is 4.98 Å². The van der Waals surface area contributed by atoms with Crippen molar-refractivity contribution in [1.29, 1.82) is 0 Å². The minimum absolute atomic E-state index is 0.00789. The van der Waals surface area contributed by atoms with Gasteiger partial charge in [0.1, 0.15) is 5.01 Å². The average molecular weight is 268 g/mol. The standard InChI is InChI=1S/C12H10ClNO2S/c1-7-10(6-11(15)16)17-12(14-7)8-4-2-3-5-9(8)13/h2-5H,6H2,1H3,(H,15,16). The van der Waals surface area contributed by atoms with Crippen molar-refractivity contribution in [3.05, 3.63) is 39.9 Å². The third kappa shape index (κ3) is 2.65. The number of thiazole rings is 1. The highest BCUT2D eigenvalue weighted by molar-refractivity contribution is 7.15. The fraction of sp³-hybridized carbons (Fsp3) is 0.167. The van der Waals surface area contributed by atoms with Gasteiger partial charge >= 0.3 is 5.97 Å². The fourth-order valence-electron chi connectivity index (χ4n) is 1.48. The Balaban J connectivity index is 2.41. The first-order valence-electron chi connectivity index (χ1n) is 5.01. The number of aromatic nitrogens is 1. The molecule has 5 heteroatoms. The molecule has 0 aliphatic carbocycles. The molecule has 0 bridgehead atoms. The molecule has 1 aromatic carbocycles. The molecular formula is C12H10ClNO2S.